The molecule has 4 aromatic heterocycles. The molecule has 0 saturated carbocycles. The molecule has 364 valence electrons. The number of aromatic nitrogens is 6. The van der Waals surface area contributed by atoms with Crippen molar-refractivity contribution in [2.24, 2.45) is 0 Å². The van der Waals surface area contributed by atoms with Crippen LogP contribution in [0.2, 0.25) is 0 Å². The second kappa shape index (κ2) is 21.1. The number of anilines is 3. The number of fused-ring (bicyclic) bond motifs is 2. The van der Waals surface area contributed by atoms with E-state index in [4.69, 9.17) is 9.97 Å². The molecule has 8 heterocycles. The van der Waals surface area contributed by atoms with Crippen molar-refractivity contribution >= 4 is 67.9 Å². The lowest BCUT2D eigenvalue weighted by Gasteiger charge is -2.38. The molecule has 2 saturated heterocycles. The molecule has 4 aliphatic rings. The van der Waals surface area contributed by atoms with Gasteiger partial charge in [-0.05, 0) is 92.5 Å². The Labute approximate surface area is 420 Å². The van der Waals surface area contributed by atoms with Gasteiger partial charge >= 0.3 is 0 Å². The number of nitrogens with zero attached hydrogens (tertiary/aromatic N) is 9. The number of alkyl halides is 2. The van der Waals surface area contributed by atoms with Crippen molar-refractivity contribution in [1.82, 2.24) is 35.2 Å². The van der Waals surface area contributed by atoms with Crippen LogP contribution in [0.25, 0.3) is 22.8 Å². The maximum atomic E-state index is 16.0. The molecule has 0 unspecified atom stereocenters. The monoisotopic (exact) mass is 1040 g/mol. The van der Waals surface area contributed by atoms with E-state index in [1.54, 1.807) is 40.0 Å². The van der Waals surface area contributed by atoms with Crippen LogP contribution in [0.4, 0.5) is 26.2 Å². The minimum atomic E-state index is -1.45. The molecule has 0 aliphatic carbocycles. The third-order valence-corrected chi connectivity index (χ3v) is 16.0. The summed E-state index contributed by atoms with van der Waals surface area (Å²) in [6.07, 6.45) is 5.47. The number of rotatable bonds is 9. The Kier molecular flexibility index (Phi) is 15.4. The van der Waals surface area contributed by atoms with E-state index in [1.807, 2.05) is 50.2 Å². The van der Waals surface area contributed by atoms with Gasteiger partial charge in [-0.2, -0.15) is 0 Å². The second-order valence-electron chi connectivity index (χ2n) is 19.1. The topological polar surface area (TPSA) is 133 Å². The summed E-state index contributed by atoms with van der Waals surface area (Å²) in [5.74, 6) is 3.71. The molecule has 4 aliphatic heterocycles. The predicted octanol–water partition coefficient (Wildman–Crippen LogP) is 11.0. The highest BCUT2D eigenvalue weighted by Gasteiger charge is 2.42. The fourth-order valence-electron chi connectivity index (χ4n) is 9.45. The maximum Gasteiger partial charge on any atom is 0.232 e. The number of benzene rings is 2. The number of amides is 2. The summed E-state index contributed by atoms with van der Waals surface area (Å²) in [5.41, 5.74) is 2.97. The first-order valence-corrected chi connectivity index (χ1v) is 26.2. The zero-order valence-electron chi connectivity index (χ0n) is 40.7. The molecule has 2 amide bonds. The van der Waals surface area contributed by atoms with E-state index < -0.39 is 11.3 Å². The predicted molar refractivity (Wildman–Crippen MR) is 277 cm³/mol. The fourth-order valence-corrected chi connectivity index (χ4v) is 11.6. The molecule has 2 aromatic carbocycles. The molecule has 12 nitrogen and oxygen atoms in total. The minimum Gasteiger partial charge on any atom is -0.355 e. The molecule has 69 heavy (non-hydrogen) atoms. The number of carbonyl (C=O) groups is 2. The summed E-state index contributed by atoms with van der Waals surface area (Å²) in [6.45, 7) is 19.2. The summed E-state index contributed by atoms with van der Waals surface area (Å²) in [7, 11) is 0. The second-order valence-corrected chi connectivity index (χ2v) is 22.7. The summed E-state index contributed by atoms with van der Waals surface area (Å²) in [5, 5.41) is 5.32. The van der Waals surface area contributed by atoms with Gasteiger partial charge in [0.15, 0.2) is 11.6 Å². The number of hydrogen-bond donors (Lipinski definition) is 1. The summed E-state index contributed by atoms with van der Waals surface area (Å²) < 4.78 is 32.2. The van der Waals surface area contributed by atoms with Gasteiger partial charge in [-0.15, -0.1) is 22.7 Å². The lowest BCUT2D eigenvalue weighted by atomic mass is 9.92. The van der Waals surface area contributed by atoms with E-state index in [9.17, 15) is 9.59 Å². The number of nitrogens with one attached hydrogen (secondary N) is 1. The Morgan fingerprint density at radius 1 is 0.638 bits per heavy atom. The molecule has 10 rings (SSSR count). The quantitative estimate of drug-likeness (QED) is 0.149. The van der Waals surface area contributed by atoms with Crippen molar-refractivity contribution in [3.63, 3.8) is 0 Å². The van der Waals surface area contributed by atoms with Crippen molar-refractivity contribution < 1.29 is 18.4 Å². The van der Waals surface area contributed by atoms with Crippen LogP contribution in [0.1, 0.15) is 107 Å². The molecule has 17 heteroatoms. The van der Waals surface area contributed by atoms with Crippen LogP contribution < -0.4 is 20.0 Å². The normalized spacial score (nSPS) is 17.1. The first-order valence-electron chi connectivity index (χ1n) is 23.8. The third kappa shape index (κ3) is 11.4. The standard InChI is InChI=1S/C26H30FN5OS.C21H25FN4O.C5H6BrNS/c1-16(2)20-7-5-6-8-21(20)23-28-14-19-13-22(33)32(25(19)30-23)15-26(27)9-11-31(12-10-26)24-17(3)34-18(4)29-24;1-14(2)16-5-3-4-6-17(16)19-24-12-15-11-18(27)26(20(15)25-19)13-21(22)7-9-23-10-8-21;1-3-5(6)7-4(2)8-3/h5-8,14,16H,9-13,15H2,1-4H3;3-6,12,14,23H,7-11,13H2,1-2H3;1-2H3. The molecule has 0 atom stereocenters. The minimum absolute atomic E-state index is 0.0318. The van der Waals surface area contributed by atoms with Gasteiger partial charge in [0.25, 0.3) is 0 Å². The van der Waals surface area contributed by atoms with E-state index in [0.717, 1.165) is 53.8 Å². The summed E-state index contributed by atoms with van der Waals surface area (Å²) >= 11 is 6.70. The van der Waals surface area contributed by atoms with Gasteiger partial charge in [-0.3, -0.25) is 19.4 Å². The summed E-state index contributed by atoms with van der Waals surface area (Å²) in [4.78, 5) is 60.4. The van der Waals surface area contributed by atoms with E-state index in [2.05, 4.69) is 99.8 Å². The van der Waals surface area contributed by atoms with Crippen LogP contribution in [-0.2, 0) is 22.4 Å². The van der Waals surface area contributed by atoms with Crippen LogP contribution in [0.5, 0.6) is 0 Å². The van der Waals surface area contributed by atoms with Gasteiger partial charge < -0.3 is 10.2 Å². The van der Waals surface area contributed by atoms with Gasteiger partial charge in [0.1, 0.15) is 33.4 Å². The molecular weight excluding hydrogens is 979 g/mol. The zero-order valence-corrected chi connectivity index (χ0v) is 43.9. The van der Waals surface area contributed by atoms with Gasteiger partial charge in [-0.1, -0.05) is 76.2 Å². The first-order chi connectivity index (χ1) is 32.9. The van der Waals surface area contributed by atoms with Crippen molar-refractivity contribution in [3.05, 3.63) is 108 Å². The van der Waals surface area contributed by atoms with Crippen molar-refractivity contribution in [2.75, 3.05) is 54.0 Å². The Hall–Kier alpha value is -5.10. The van der Waals surface area contributed by atoms with Crippen molar-refractivity contribution in [3.8, 4) is 22.8 Å². The van der Waals surface area contributed by atoms with Crippen molar-refractivity contribution in [1.29, 1.82) is 0 Å². The third-order valence-electron chi connectivity index (χ3n) is 13.2. The largest absolute Gasteiger partial charge is 0.355 e. The van der Waals surface area contributed by atoms with E-state index in [1.165, 1.54) is 14.7 Å². The highest BCUT2D eigenvalue weighted by atomic mass is 79.9. The highest BCUT2D eigenvalue weighted by molar-refractivity contribution is 9.10. The molecular formula is C52H61BrF2N10O2S2. The lowest BCUT2D eigenvalue weighted by molar-refractivity contribution is -0.118. The molecule has 1 N–H and O–H groups in total. The zero-order chi connectivity index (χ0) is 49.2. The van der Waals surface area contributed by atoms with Crippen molar-refractivity contribution in [2.45, 2.75) is 117 Å². The first kappa shape index (κ1) is 50.3. The molecule has 2 fully saturated rings. The van der Waals surface area contributed by atoms with Crippen LogP contribution in [0, 0.1) is 27.7 Å². The smallest absolute Gasteiger partial charge is 0.232 e. The number of aryl methyl sites for hydroxylation is 4. The molecule has 0 spiro atoms. The highest BCUT2D eigenvalue weighted by Crippen LogP contribution is 2.39. The number of carbonyl (C=O) groups excluding carboxylic acids is 2. The Bertz CT molecular complexity index is 2800. The Morgan fingerprint density at radius 3 is 1.49 bits per heavy atom. The van der Waals surface area contributed by atoms with Gasteiger partial charge in [0.05, 0.1) is 35.9 Å². The van der Waals surface area contributed by atoms with Crippen LogP contribution >= 0.6 is 38.6 Å². The van der Waals surface area contributed by atoms with Crippen LogP contribution in [-0.4, -0.2) is 92.3 Å². The van der Waals surface area contributed by atoms with Gasteiger partial charge in [0, 0.05) is 70.3 Å². The number of halogens is 3. The molecule has 0 bridgehead atoms. The van der Waals surface area contributed by atoms with Gasteiger partial charge in [0.2, 0.25) is 11.8 Å². The van der Waals surface area contributed by atoms with Crippen LogP contribution in [0.3, 0.4) is 0 Å². The summed E-state index contributed by atoms with van der Waals surface area (Å²) in [6, 6.07) is 16.1. The fraction of sp³-hybridized carbons (Fsp3) is 0.462. The SMILES string of the molecule is CC(C)c1ccccc1-c1ncc2c(n1)N(CC1(F)CCNCC1)C(=O)C2.Cc1nc(Br)c(C)s1.Cc1nc(N2CCC(F)(CN3C(=O)Cc4cnc(-c5ccccc5C(C)C)nc43)CC2)c(C)s1. The number of piperidine rings is 2. The van der Waals surface area contributed by atoms with Gasteiger partial charge in [-0.25, -0.2) is 38.7 Å². The molecule has 6 aromatic rings. The Balaban J connectivity index is 0.000000163. The number of hydrogen-bond acceptors (Lipinski definition) is 12. The number of thiazole rings is 2. The van der Waals surface area contributed by atoms with E-state index >= 15 is 8.78 Å². The Morgan fingerprint density at radius 2 is 1.09 bits per heavy atom. The maximum absolute atomic E-state index is 16.0. The lowest BCUT2D eigenvalue weighted by Crippen LogP contribution is -2.49. The molecule has 0 radical (unpaired) electrons. The average Bonchev–Trinajstić information content (AvgIpc) is 4.03. The van der Waals surface area contributed by atoms with Crippen LogP contribution in [0.15, 0.2) is 65.5 Å². The average molecular weight is 1040 g/mol. The van der Waals surface area contributed by atoms with E-state index in [-0.39, 0.29) is 37.7 Å². The van der Waals surface area contributed by atoms with E-state index in [0.29, 0.717) is 87.0 Å².